The average molecular weight is 453 g/mol. The molecule has 2 amide bonds. The Kier molecular flexibility index (Phi) is 7.61. The van der Waals surface area contributed by atoms with Crippen molar-refractivity contribution in [3.8, 4) is 0 Å². The number of benzene rings is 2. The Bertz CT molecular complexity index is 1140. The van der Waals surface area contributed by atoms with Crippen molar-refractivity contribution >= 4 is 35.2 Å². The van der Waals surface area contributed by atoms with Crippen LogP contribution in [0.4, 0.5) is 5.69 Å². The van der Waals surface area contributed by atoms with E-state index in [-0.39, 0.29) is 23.1 Å². The molecule has 3 rings (SSSR count). The molecule has 0 fully saturated rings. The fourth-order valence-electron chi connectivity index (χ4n) is 2.92. The normalized spacial score (nSPS) is 10.6. The molecule has 0 spiro atoms. The van der Waals surface area contributed by atoms with Crippen molar-refractivity contribution in [2.45, 2.75) is 18.5 Å². The van der Waals surface area contributed by atoms with Crippen LogP contribution in [0.3, 0.4) is 0 Å². The molecular formula is C22H22N5O4S-. The molecule has 0 aliphatic rings. The van der Waals surface area contributed by atoms with Crippen molar-refractivity contribution in [3.63, 3.8) is 0 Å². The summed E-state index contributed by atoms with van der Waals surface area (Å²) in [6.45, 7) is 2.33. The highest BCUT2D eigenvalue weighted by Gasteiger charge is 2.13. The number of carboxylic acid groups (broad SMARTS) is 1. The molecule has 32 heavy (non-hydrogen) atoms. The Morgan fingerprint density at radius 3 is 2.56 bits per heavy atom. The largest absolute Gasteiger partial charge is 0.545 e. The van der Waals surface area contributed by atoms with E-state index in [0.717, 1.165) is 5.56 Å². The van der Waals surface area contributed by atoms with Gasteiger partial charge in [-0.2, -0.15) is 0 Å². The Morgan fingerprint density at radius 1 is 1.06 bits per heavy atom. The zero-order valence-corrected chi connectivity index (χ0v) is 18.4. The predicted octanol–water partition coefficient (Wildman–Crippen LogP) is 1.19. The molecule has 10 heteroatoms. The highest BCUT2D eigenvalue weighted by Crippen LogP contribution is 2.17. The summed E-state index contributed by atoms with van der Waals surface area (Å²) >= 11 is 1.21. The Labute approximate surface area is 189 Å². The van der Waals surface area contributed by atoms with E-state index in [1.807, 2.05) is 25.1 Å². The fraction of sp³-hybridized carbons (Fsp3) is 0.227. The minimum absolute atomic E-state index is 0.0112. The zero-order chi connectivity index (χ0) is 23.1. The first-order chi connectivity index (χ1) is 15.3. The second-order valence-corrected chi connectivity index (χ2v) is 7.98. The topological polar surface area (TPSA) is 129 Å². The van der Waals surface area contributed by atoms with Crippen molar-refractivity contribution in [1.29, 1.82) is 0 Å². The summed E-state index contributed by atoms with van der Waals surface area (Å²) in [5, 5.41) is 25.2. The Balaban J connectivity index is 1.48. The molecule has 0 saturated carbocycles. The second kappa shape index (κ2) is 10.6. The van der Waals surface area contributed by atoms with Gasteiger partial charge in [-0.1, -0.05) is 41.6 Å². The van der Waals surface area contributed by atoms with E-state index in [1.54, 1.807) is 23.7 Å². The van der Waals surface area contributed by atoms with Crippen LogP contribution in [0.2, 0.25) is 0 Å². The van der Waals surface area contributed by atoms with Crippen molar-refractivity contribution in [2.24, 2.45) is 7.05 Å². The first-order valence-corrected chi connectivity index (χ1v) is 10.8. The van der Waals surface area contributed by atoms with Gasteiger partial charge in [-0.3, -0.25) is 9.59 Å². The van der Waals surface area contributed by atoms with E-state index in [9.17, 15) is 19.5 Å². The van der Waals surface area contributed by atoms with Crippen molar-refractivity contribution in [3.05, 3.63) is 71.0 Å². The molecule has 2 aromatic carbocycles. The summed E-state index contributed by atoms with van der Waals surface area (Å²) < 4.78 is 1.77. The minimum Gasteiger partial charge on any atom is -0.545 e. The van der Waals surface area contributed by atoms with E-state index in [1.165, 1.54) is 30.0 Å². The summed E-state index contributed by atoms with van der Waals surface area (Å²) in [6.07, 6.45) is 0.490. The van der Waals surface area contributed by atoms with E-state index >= 15 is 0 Å². The van der Waals surface area contributed by atoms with Crippen LogP contribution in [-0.4, -0.2) is 44.8 Å². The van der Waals surface area contributed by atoms with Gasteiger partial charge < -0.3 is 25.1 Å². The van der Waals surface area contributed by atoms with Gasteiger partial charge in [0.2, 0.25) is 5.91 Å². The van der Waals surface area contributed by atoms with Gasteiger partial charge in [0.15, 0.2) is 5.16 Å². The smallest absolute Gasteiger partial charge is 0.251 e. The number of aromatic carboxylic acids is 1. The maximum Gasteiger partial charge on any atom is 0.251 e. The van der Waals surface area contributed by atoms with Crippen LogP contribution in [0.1, 0.15) is 32.1 Å². The van der Waals surface area contributed by atoms with E-state index in [4.69, 9.17) is 0 Å². The van der Waals surface area contributed by atoms with Gasteiger partial charge in [0.1, 0.15) is 5.82 Å². The van der Waals surface area contributed by atoms with Crippen LogP contribution in [-0.2, 0) is 18.3 Å². The summed E-state index contributed by atoms with van der Waals surface area (Å²) in [5.41, 5.74) is 1.99. The van der Waals surface area contributed by atoms with Crippen molar-refractivity contribution in [2.75, 3.05) is 17.6 Å². The summed E-state index contributed by atoms with van der Waals surface area (Å²) in [5.74, 6) is -1.01. The molecule has 0 bridgehead atoms. The number of hydrogen-bond acceptors (Lipinski definition) is 7. The summed E-state index contributed by atoms with van der Waals surface area (Å²) in [7, 11) is 1.79. The fourth-order valence-corrected chi connectivity index (χ4v) is 3.65. The number of aromatic nitrogens is 3. The highest BCUT2D eigenvalue weighted by atomic mass is 32.2. The van der Waals surface area contributed by atoms with Crippen LogP contribution >= 0.6 is 11.8 Å². The van der Waals surface area contributed by atoms with Gasteiger partial charge in [-0.15, -0.1) is 10.2 Å². The standard InChI is InChI=1S/C22H23N5O4S/c1-14-5-3-6-15(11-14)20(29)23-10-9-18-25-26-22(27(18)2)32-13-19(28)24-17-8-4-7-16(12-17)21(30)31/h3-8,11-12H,9-10,13H2,1-2H3,(H,23,29)(H,24,28)(H,30,31)/p-1. The first-order valence-electron chi connectivity index (χ1n) is 9.80. The summed E-state index contributed by atoms with van der Waals surface area (Å²) in [6, 6.07) is 13.2. The monoisotopic (exact) mass is 452 g/mol. The molecule has 2 N–H and O–H groups in total. The number of carbonyl (C=O) groups excluding carboxylic acids is 3. The molecule has 0 atom stereocenters. The van der Waals surface area contributed by atoms with Crippen molar-refractivity contribution in [1.82, 2.24) is 20.1 Å². The van der Waals surface area contributed by atoms with Crippen LogP contribution in [0.25, 0.3) is 0 Å². The minimum atomic E-state index is -1.31. The number of carbonyl (C=O) groups is 3. The van der Waals surface area contributed by atoms with Gasteiger partial charge in [0.25, 0.3) is 5.91 Å². The zero-order valence-electron chi connectivity index (χ0n) is 17.6. The van der Waals surface area contributed by atoms with E-state index in [0.29, 0.717) is 35.2 Å². The number of nitrogens with zero attached hydrogens (tertiary/aromatic N) is 3. The molecule has 1 heterocycles. The third-order valence-corrected chi connectivity index (χ3v) is 5.57. The molecular weight excluding hydrogens is 430 g/mol. The number of nitrogens with one attached hydrogen (secondary N) is 2. The van der Waals surface area contributed by atoms with Gasteiger partial charge in [0, 0.05) is 31.3 Å². The number of hydrogen-bond donors (Lipinski definition) is 2. The van der Waals surface area contributed by atoms with Gasteiger partial charge in [-0.25, -0.2) is 0 Å². The Morgan fingerprint density at radius 2 is 1.81 bits per heavy atom. The molecule has 0 radical (unpaired) electrons. The number of carboxylic acids is 1. The first kappa shape index (κ1) is 23.0. The predicted molar refractivity (Wildman–Crippen MR) is 118 cm³/mol. The second-order valence-electron chi connectivity index (χ2n) is 7.04. The SMILES string of the molecule is Cc1cccc(C(=O)NCCc2nnc(SCC(=O)Nc3cccc(C(=O)[O-])c3)n2C)c1. The quantitative estimate of drug-likeness (QED) is 0.467. The highest BCUT2D eigenvalue weighted by molar-refractivity contribution is 7.99. The molecule has 0 aliphatic carbocycles. The molecule has 166 valence electrons. The Hall–Kier alpha value is -3.66. The maximum atomic E-state index is 12.2. The van der Waals surface area contributed by atoms with E-state index in [2.05, 4.69) is 20.8 Å². The lowest BCUT2D eigenvalue weighted by molar-refractivity contribution is -0.255. The number of thioether (sulfide) groups is 1. The third-order valence-electron chi connectivity index (χ3n) is 4.55. The molecule has 0 unspecified atom stereocenters. The number of amides is 2. The van der Waals surface area contributed by atoms with Gasteiger partial charge >= 0.3 is 0 Å². The lowest BCUT2D eigenvalue weighted by Crippen LogP contribution is -2.26. The van der Waals surface area contributed by atoms with Gasteiger partial charge in [-0.05, 0) is 36.8 Å². The van der Waals surface area contributed by atoms with Crippen LogP contribution < -0.4 is 15.7 Å². The molecule has 1 aromatic heterocycles. The lowest BCUT2D eigenvalue weighted by atomic mass is 10.1. The van der Waals surface area contributed by atoms with E-state index < -0.39 is 5.97 Å². The maximum absolute atomic E-state index is 12.2. The average Bonchev–Trinajstić information content (AvgIpc) is 3.12. The van der Waals surface area contributed by atoms with Crippen LogP contribution in [0.5, 0.6) is 0 Å². The number of aryl methyl sites for hydroxylation is 1. The lowest BCUT2D eigenvalue weighted by Gasteiger charge is -2.08. The third kappa shape index (κ3) is 6.17. The number of anilines is 1. The molecule has 0 aliphatic heterocycles. The van der Waals surface area contributed by atoms with Crippen LogP contribution in [0, 0.1) is 6.92 Å². The molecule has 3 aromatic rings. The number of rotatable bonds is 9. The molecule has 9 nitrogen and oxygen atoms in total. The molecule has 0 saturated heterocycles. The van der Waals surface area contributed by atoms with Crippen molar-refractivity contribution < 1.29 is 19.5 Å². The van der Waals surface area contributed by atoms with Gasteiger partial charge in [0.05, 0.1) is 11.7 Å². The van der Waals surface area contributed by atoms with Crippen LogP contribution in [0.15, 0.2) is 53.7 Å². The summed E-state index contributed by atoms with van der Waals surface area (Å²) in [4.78, 5) is 35.3.